The molecule has 0 unspecified atom stereocenters. The predicted molar refractivity (Wildman–Crippen MR) is 58.3 cm³/mol. The van der Waals surface area contributed by atoms with E-state index in [0.717, 1.165) is 0 Å². The van der Waals surface area contributed by atoms with E-state index in [9.17, 15) is 9.90 Å². The van der Waals surface area contributed by atoms with Crippen LogP contribution in [-0.4, -0.2) is 30.8 Å². The van der Waals surface area contributed by atoms with E-state index in [1.807, 2.05) is 6.07 Å². The zero-order chi connectivity index (χ0) is 12.0. The lowest BCUT2D eigenvalue weighted by Crippen LogP contribution is -2.25. The Bertz CT molecular complexity index is 354. The maximum Gasteiger partial charge on any atom is 0.220 e. The van der Waals surface area contributed by atoms with Gasteiger partial charge in [-0.3, -0.25) is 4.79 Å². The minimum Gasteiger partial charge on any atom is -0.493 e. The van der Waals surface area contributed by atoms with Gasteiger partial charge in [-0.1, -0.05) is 12.1 Å². The molecule has 5 nitrogen and oxygen atoms in total. The summed E-state index contributed by atoms with van der Waals surface area (Å²) in [5.41, 5.74) is 4.94. The Labute approximate surface area is 93.8 Å². The summed E-state index contributed by atoms with van der Waals surface area (Å²) < 4.78 is 10.4. The molecule has 0 radical (unpaired) electrons. The van der Waals surface area contributed by atoms with Crippen molar-refractivity contribution in [1.82, 2.24) is 0 Å². The molecule has 88 valence electrons. The van der Waals surface area contributed by atoms with Crippen molar-refractivity contribution in [2.75, 3.05) is 13.7 Å². The topological polar surface area (TPSA) is 81.8 Å². The van der Waals surface area contributed by atoms with Crippen LogP contribution < -0.4 is 15.2 Å². The standard InChI is InChI=1S/C11H15NO4/c1-15-9-4-2-3-5-10(9)16-7-8(13)6-11(12)14/h2-5,8,13H,6-7H2,1H3,(H2,12,14)/t8-/m1/s1. The molecule has 0 spiro atoms. The maximum atomic E-state index is 10.5. The molecule has 0 saturated heterocycles. The zero-order valence-electron chi connectivity index (χ0n) is 9.05. The molecule has 1 rings (SSSR count). The van der Waals surface area contributed by atoms with Crippen LogP contribution in [0.4, 0.5) is 0 Å². The fourth-order valence-electron chi connectivity index (χ4n) is 1.22. The SMILES string of the molecule is COc1ccccc1OC[C@H](O)CC(N)=O. The molecule has 0 fully saturated rings. The highest BCUT2D eigenvalue weighted by atomic mass is 16.5. The number of rotatable bonds is 6. The Morgan fingerprint density at radius 3 is 2.62 bits per heavy atom. The Kier molecular flexibility index (Phi) is 4.60. The summed E-state index contributed by atoms with van der Waals surface area (Å²) in [4.78, 5) is 10.5. The molecule has 0 heterocycles. The average Bonchev–Trinajstić information content (AvgIpc) is 2.26. The van der Waals surface area contributed by atoms with Crippen LogP contribution in [0, 0.1) is 0 Å². The number of amides is 1. The van der Waals surface area contributed by atoms with Gasteiger partial charge in [-0.25, -0.2) is 0 Å². The third-order valence-corrected chi connectivity index (χ3v) is 1.94. The van der Waals surface area contributed by atoms with Gasteiger partial charge in [0.2, 0.25) is 5.91 Å². The molecule has 0 aliphatic rings. The minimum atomic E-state index is -0.901. The van der Waals surface area contributed by atoms with Crippen LogP contribution in [0.1, 0.15) is 6.42 Å². The Balaban J connectivity index is 2.50. The van der Waals surface area contributed by atoms with Gasteiger partial charge in [0.1, 0.15) is 6.61 Å². The number of methoxy groups -OCH3 is 1. The van der Waals surface area contributed by atoms with Gasteiger partial charge in [0, 0.05) is 0 Å². The summed E-state index contributed by atoms with van der Waals surface area (Å²) in [6.45, 7) is 0.00329. The van der Waals surface area contributed by atoms with Crippen molar-refractivity contribution in [3.63, 3.8) is 0 Å². The number of ether oxygens (including phenoxy) is 2. The van der Waals surface area contributed by atoms with Gasteiger partial charge in [0.25, 0.3) is 0 Å². The largest absolute Gasteiger partial charge is 0.493 e. The van der Waals surface area contributed by atoms with Gasteiger partial charge in [0.05, 0.1) is 19.6 Å². The lowest BCUT2D eigenvalue weighted by Gasteiger charge is -2.13. The van der Waals surface area contributed by atoms with E-state index < -0.39 is 12.0 Å². The average molecular weight is 225 g/mol. The number of hydrogen-bond donors (Lipinski definition) is 2. The minimum absolute atomic E-state index is 0.00329. The van der Waals surface area contributed by atoms with Crippen LogP contribution >= 0.6 is 0 Å². The third-order valence-electron chi connectivity index (χ3n) is 1.94. The number of aliphatic hydroxyl groups is 1. The first-order valence-electron chi connectivity index (χ1n) is 4.85. The van der Waals surface area contributed by atoms with Gasteiger partial charge in [-0.05, 0) is 12.1 Å². The molecule has 0 aliphatic carbocycles. The van der Waals surface area contributed by atoms with Crippen LogP contribution in [0.3, 0.4) is 0 Å². The Hall–Kier alpha value is -1.75. The van der Waals surface area contributed by atoms with Crippen LogP contribution in [-0.2, 0) is 4.79 Å². The summed E-state index contributed by atoms with van der Waals surface area (Å²) in [6.07, 6.45) is -1.02. The number of para-hydroxylation sites is 2. The lowest BCUT2D eigenvalue weighted by atomic mass is 10.2. The fourth-order valence-corrected chi connectivity index (χ4v) is 1.22. The van der Waals surface area contributed by atoms with Crippen molar-refractivity contribution in [1.29, 1.82) is 0 Å². The predicted octanol–water partition coefficient (Wildman–Crippen LogP) is 0.310. The van der Waals surface area contributed by atoms with Crippen LogP contribution in [0.15, 0.2) is 24.3 Å². The zero-order valence-corrected chi connectivity index (χ0v) is 9.05. The van der Waals surface area contributed by atoms with Gasteiger partial charge >= 0.3 is 0 Å². The third kappa shape index (κ3) is 3.78. The van der Waals surface area contributed by atoms with E-state index in [-0.39, 0.29) is 13.0 Å². The van der Waals surface area contributed by atoms with Crippen molar-refractivity contribution in [2.24, 2.45) is 5.73 Å². The molecule has 0 aliphatic heterocycles. The highest BCUT2D eigenvalue weighted by molar-refractivity contribution is 5.74. The molecular weight excluding hydrogens is 210 g/mol. The van der Waals surface area contributed by atoms with Crippen LogP contribution in [0.25, 0.3) is 0 Å². The smallest absolute Gasteiger partial charge is 0.220 e. The monoisotopic (exact) mass is 225 g/mol. The summed E-state index contributed by atoms with van der Waals surface area (Å²) >= 11 is 0. The van der Waals surface area contributed by atoms with Crippen molar-refractivity contribution in [2.45, 2.75) is 12.5 Å². The number of carbonyl (C=O) groups excluding carboxylic acids is 1. The Morgan fingerprint density at radius 2 is 2.06 bits per heavy atom. The number of benzene rings is 1. The first kappa shape index (κ1) is 12.3. The van der Waals surface area contributed by atoms with E-state index in [2.05, 4.69) is 0 Å². The van der Waals surface area contributed by atoms with E-state index in [0.29, 0.717) is 11.5 Å². The van der Waals surface area contributed by atoms with Crippen molar-refractivity contribution >= 4 is 5.91 Å². The Morgan fingerprint density at radius 1 is 1.44 bits per heavy atom. The molecule has 3 N–H and O–H groups in total. The lowest BCUT2D eigenvalue weighted by molar-refractivity contribution is -0.120. The second-order valence-corrected chi connectivity index (χ2v) is 3.29. The van der Waals surface area contributed by atoms with E-state index in [4.69, 9.17) is 15.2 Å². The highest BCUT2D eigenvalue weighted by Crippen LogP contribution is 2.25. The molecule has 1 aromatic carbocycles. The van der Waals surface area contributed by atoms with E-state index in [1.54, 1.807) is 18.2 Å². The molecule has 0 saturated carbocycles. The molecule has 1 amide bonds. The molecule has 16 heavy (non-hydrogen) atoms. The van der Waals surface area contributed by atoms with Crippen molar-refractivity contribution < 1.29 is 19.4 Å². The quantitative estimate of drug-likeness (QED) is 0.730. The number of aliphatic hydroxyl groups excluding tert-OH is 1. The number of nitrogens with two attached hydrogens (primary N) is 1. The van der Waals surface area contributed by atoms with Gasteiger partial charge in [0.15, 0.2) is 11.5 Å². The normalized spacial score (nSPS) is 11.9. The summed E-state index contributed by atoms with van der Waals surface area (Å²) in [6, 6.07) is 7.06. The van der Waals surface area contributed by atoms with Crippen molar-refractivity contribution in [3.8, 4) is 11.5 Å². The molecule has 1 aromatic rings. The van der Waals surface area contributed by atoms with Crippen LogP contribution in [0.2, 0.25) is 0 Å². The summed E-state index contributed by atoms with van der Waals surface area (Å²) in [7, 11) is 1.53. The molecule has 0 bridgehead atoms. The fraction of sp³-hybridized carbons (Fsp3) is 0.364. The second kappa shape index (κ2) is 5.97. The summed E-state index contributed by atoms with van der Waals surface area (Å²) in [5.74, 6) is 0.540. The second-order valence-electron chi connectivity index (χ2n) is 3.29. The molecule has 0 aromatic heterocycles. The first-order valence-corrected chi connectivity index (χ1v) is 4.85. The van der Waals surface area contributed by atoms with Gasteiger partial charge in [-0.15, -0.1) is 0 Å². The number of hydrogen-bond acceptors (Lipinski definition) is 4. The van der Waals surface area contributed by atoms with Gasteiger partial charge in [-0.2, -0.15) is 0 Å². The summed E-state index contributed by atoms with van der Waals surface area (Å²) in [5, 5.41) is 9.38. The highest BCUT2D eigenvalue weighted by Gasteiger charge is 2.10. The number of carbonyl (C=O) groups is 1. The van der Waals surface area contributed by atoms with Crippen LogP contribution in [0.5, 0.6) is 11.5 Å². The van der Waals surface area contributed by atoms with Crippen molar-refractivity contribution in [3.05, 3.63) is 24.3 Å². The van der Waals surface area contributed by atoms with E-state index in [1.165, 1.54) is 7.11 Å². The number of primary amides is 1. The van der Waals surface area contributed by atoms with E-state index >= 15 is 0 Å². The van der Waals surface area contributed by atoms with Gasteiger partial charge < -0.3 is 20.3 Å². The maximum absolute atomic E-state index is 10.5. The molecule has 5 heteroatoms. The molecule has 1 atom stereocenters. The molecular formula is C11H15NO4. The first-order chi connectivity index (χ1) is 7.63.